The van der Waals surface area contributed by atoms with Crippen molar-refractivity contribution >= 4 is 23.4 Å². The molecule has 1 heterocycles. The van der Waals surface area contributed by atoms with Gasteiger partial charge in [0.05, 0.1) is 0 Å². The first kappa shape index (κ1) is 11.2. The summed E-state index contributed by atoms with van der Waals surface area (Å²) in [6, 6.07) is 9.01. The van der Waals surface area contributed by atoms with E-state index < -0.39 is 0 Å². The van der Waals surface area contributed by atoms with Gasteiger partial charge in [-0.05, 0) is 17.7 Å². The van der Waals surface area contributed by atoms with Crippen molar-refractivity contribution in [2.24, 2.45) is 0 Å². The second-order valence-electron chi connectivity index (χ2n) is 3.16. The molecule has 0 unspecified atom stereocenters. The Balaban J connectivity index is 2.05. The highest BCUT2D eigenvalue weighted by molar-refractivity contribution is 7.98. The molecule has 82 valence electrons. The number of thioether (sulfide) groups is 1. The Morgan fingerprint density at radius 1 is 1.38 bits per heavy atom. The van der Waals surface area contributed by atoms with E-state index in [1.54, 1.807) is 0 Å². The molecule has 5 heteroatoms. The minimum atomic E-state index is -0.136. The van der Waals surface area contributed by atoms with E-state index in [0.717, 1.165) is 11.3 Å². The van der Waals surface area contributed by atoms with Gasteiger partial charge in [0.15, 0.2) is 5.16 Å². The molecule has 0 aliphatic heterocycles. The first-order valence-corrected chi connectivity index (χ1v) is 6.03. The SMILES string of the molecule is O=c1ccnc(SCc2cccc(Cl)c2)[nH]1. The summed E-state index contributed by atoms with van der Waals surface area (Å²) in [5.74, 6) is 0.730. The summed E-state index contributed by atoms with van der Waals surface area (Å²) in [4.78, 5) is 17.7. The smallest absolute Gasteiger partial charge is 0.251 e. The number of halogens is 1. The Labute approximate surface area is 102 Å². The Morgan fingerprint density at radius 3 is 3.00 bits per heavy atom. The maximum Gasteiger partial charge on any atom is 0.251 e. The van der Waals surface area contributed by atoms with Gasteiger partial charge in [0, 0.05) is 23.0 Å². The van der Waals surface area contributed by atoms with Crippen LogP contribution in [0.25, 0.3) is 0 Å². The minimum absolute atomic E-state index is 0.136. The summed E-state index contributed by atoms with van der Waals surface area (Å²) in [6.45, 7) is 0. The molecule has 0 aliphatic carbocycles. The molecule has 0 bridgehead atoms. The lowest BCUT2D eigenvalue weighted by Crippen LogP contribution is -2.05. The van der Waals surface area contributed by atoms with Gasteiger partial charge in [0.1, 0.15) is 0 Å². The predicted octanol–water partition coefficient (Wildman–Crippen LogP) is 2.72. The number of rotatable bonds is 3. The van der Waals surface area contributed by atoms with E-state index in [-0.39, 0.29) is 5.56 Å². The van der Waals surface area contributed by atoms with Gasteiger partial charge < -0.3 is 4.98 Å². The highest BCUT2D eigenvalue weighted by Gasteiger charge is 1.98. The molecule has 2 aromatic rings. The van der Waals surface area contributed by atoms with E-state index in [1.165, 1.54) is 24.0 Å². The molecular formula is C11H9ClN2OS. The lowest BCUT2D eigenvalue weighted by atomic mass is 10.2. The van der Waals surface area contributed by atoms with Crippen LogP contribution in [0.5, 0.6) is 0 Å². The van der Waals surface area contributed by atoms with Crippen molar-refractivity contribution in [2.75, 3.05) is 0 Å². The van der Waals surface area contributed by atoms with Crippen molar-refractivity contribution in [3.8, 4) is 0 Å². The number of benzene rings is 1. The number of hydrogen-bond acceptors (Lipinski definition) is 3. The largest absolute Gasteiger partial charge is 0.301 e. The fourth-order valence-electron chi connectivity index (χ4n) is 1.20. The zero-order chi connectivity index (χ0) is 11.4. The number of aromatic nitrogens is 2. The van der Waals surface area contributed by atoms with E-state index in [2.05, 4.69) is 9.97 Å². The van der Waals surface area contributed by atoms with E-state index in [0.29, 0.717) is 10.2 Å². The van der Waals surface area contributed by atoms with Crippen molar-refractivity contribution in [3.05, 3.63) is 57.5 Å². The van der Waals surface area contributed by atoms with Gasteiger partial charge >= 0.3 is 0 Å². The molecule has 0 spiro atoms. The fraction of sp³-hybridized carbons (Fsp3) is 0.0909. The Bertz CT molecular complexity index is 541. The molecule has 0 fully saturated rings. The molecule has 3 nitrogen and oxygen atoms in total. The molecule has 2 rings (SSSR count). The average Bonchev–Trinajstić information content (AvgIpc) is 2.27. The number of H-pyrrole nitrogens is 1. The summed E-state index contributed by atoms with van der Waals surface area (Å²) >= 11 is 7.34. The highest BCUT2D eigenvalue weighted by Crippen LogP contribution is 2.19. The van der Waals surface area contributed by atoms with Crippen LogP contribution in [0.15, 0.2) is 46.5 Å². The quantitative estimate of drug-likeness (QED) is 0.675. The topological polar surface area (TPSA) is 45.8 Å². The van der Waals surface area contributed by atoms with E-state index in [4.69, 9.17) is 11.6 Å². The Morgan fingerprint density at radius 2 is 2.25 bits per heavy atom. The van der Waals surface area contributed by atoms with Crippen LogP contribution >= 0.6 is 23.4 Å². The second kappa shape index (κ2) is 5.18. The fourth-order valence-corrected chi connectivity index (χ4v) is 2.21. The molecule has 0 saturated heterocycles. The highest BCUT2D eigenvalue weighted by atomic mass is 35.5. The zero-order valence-electron chi connectivity index (χ0n) is 8.31. The van der Waals surface area contributed by atoms with Crippen LogP contribution in [0.3, 0.4) is 0 Å². The van der Waals surface area contributed by atoms with Crippen LogP contribution in [0.2, 0.25) is 5.02 Å². The van der Waals surface area contributed by atoms with Crippen LogP contribution < -0.4 is 5.56 Å². The number of nitrogens with one attached hydrogen (secondary N) is 1. The van der Waals surface area contributed by atoms with Crippen LogP contribution in [-0.4, -0.2) is 9.97 Å². The lowest BCUT2D eigenvalue weighted by Gasteiger charge is -2.01. The van der Waals surface area contributed by atoms with Gasteiger partial charge in [-0.25, -0.2) is 4.98 Å². The van der Waals surface area contributed by atoms with Crippen LogP contribution in [-0.2, 0) is 5.75 Å². The van der Waals surface area contributed by atoms with Crippen LogP contribution in [0.1, 0.15) is 5.56 Å². The van der Waals surface area contributed by atoms with Gasteiger partial charge in [-0.3, -0.25) is 4.79 Å². The number of aromatic amines is 1. The average molecular weight is 253 g/mol. The molecule has 16 heavy (non-hydrogen) atoms. The van der Waals surface area contributed by atoms with Gasteiger partial charge in [-0.1, -0.05) is 35.5 Å². The molecule has 0 aliphatic rings. The lowest BCUT2D eigenvalue weighted by molar-refractivity contribution is 0.936. The van der Waals surface area contributed by atoms with Crippen molar-refractivity contribution in [1.82, 2.24) is 9.97 Å². The molecule has 0 amide bonds. The van der Waals surface area contributed by atoms with Crippen molar-refractivity contribution in [2.45, 2.75) is 10.9 Å². The molecular weight excluding hydrogens is 244 g/mol. The van der Waals surface area contributed by atoms with Crippen molar-refractivity contribution in [1.29, 1.82) is 0 Å². The van der Waals surface area contributed by atoms with Crippen molar-refractivity contribution < 1.29 is 0 Å². The summed E-state index contributed by atoms with van der Waals surface area (Å²) in [7, 11) is 0. The summed E-state index contributed by atoms with van der Waals surface area (Å²) in [5.41, 5.74) is 0.965. The third-order valence-electron chi connectivity index (χ3n) is 1.91. The van der Waals surface area contributed by atoms with E-state index in [9.17, 15) is 4.79 Å². The zero-order valence-corrected chi connectivity index (χ0v) is 9.89. The van der Waals surface area contributed by atoms with Gasteiger partial charge in [-0.15, -0.1) is 0 Å². The molecule has 1 N–H and O–H groups in total. The van der Waals surface area contributed by atoms with Crippen molar-refractivity contribution in [3.63, 3.8) is 0 Å². The van der Waals surface area contributed by atoms with Gasteiger partial charge in [0.25, 0.3) is 5.56 Å². The summed E-state index contributed by atoms with van der Waals surface area (Å²) < 4.78 is 0. The third kappa shape index (κ3) is 3.12. The second-order valence-corrected chi connectivity index (χ2v) is 4.56. The van der Waals surface area contributed by atoms with Gasteiger partial charge in [0.2, 0.25) is 0 Å². The standard InChI is InChI=1S/C11H9ClN2OS/c12-9-3-1-2-8(6-9)7-16-11-13-5-4-10(15)14-11/h1-6H,7H2,(H,13,14,15). The van der Waals surface area contributed by atoms with Crippen LogP contribution in [0, 0.1) is 0 Å². The number of hydrogen-bond donors (Lipinski definition) is 1. The first-order chi connectivity index (χ1) is 7.74. The summed E-state index contributed by atoms with van der Waals surface area (Å²) in [6.07, 6.45) is 1.50. The number of nitrogens with zero attached hydrogens (tertiary/aromatic N) is 1. The molecule has 0 atom stereocenters. The molecule has 0 radical (unpaired) electrons. The normalized spacial score (nSPS) is 10.3. The third-order valence-corrected chi connectivity index (χ3v) is 3.11. The maximum absolute atomic E-state index is 11.0. The maximum atomic E-state index is 11.0. The van der Waals surface area contributed by atoms with E-state index in [1.807, 2.05) is 24.3 Å². The molecule has 0 saturated carbocycles. The minimum Gasteiger partial charge on any atom is -0.301 e. The summed E-state index contributed by atoms with van der Waals surface area (Å²) in [5, 5.41) is 1.33. The molecule has 1 aromatic carbocycles. The Kier molecular flexibility index (Phi) is 3.64. The first-order valence-electron chi connectivity index (χ1n) is 4.66. The van der Waals surface area contributed by atoms with Crippen LogP contribution in [0.4, 0.5) is 0 Å². The van der Waals surface area contributed by atoms with Gasteiger partial charge in [-0.2, -0.15) is 0 Å². The monoisotopic (exact) mass is 252 g/mol. The molecule has 1 aromatic heterocycles. The Hall–Kier alpha value is -1.26. The van der Waals surface area contributed by atoms with E-state index >= 15 is 0 Å². The predicted molar refractivity (Wildman–Crippen MR) is 65.9 cm³/mol.